The lowest BCUT2D eigenvalue weighted by Gasteiger charge is -2.22. The van der Waals surface area contributed by atoms with Gasteiger partial charge in [0.15, 0.2) is 0 Å². The van der Waals surface area contributed by atoms with E-state index in [2.05, 4.69) is 15.8 Å². The Labute approximate surface area is 208 Å². The second-order valence-electron chi connectivity index (χ2n) is 7.83. The molecule has 9 heteroatoms. The number of nitrogens with one attached hydrogen (secondary N) is 2. The molecule has 0 spiro atoms. The first-order valence-corrected chi connectivity index (χ1v) is 11.4. The number of ether oxygens (including phenoxy) is 1. The first kappa shape index (κ1) is 26.2. The number of hydrazone groups is 1. The van der Waals surface area contributed by atoms with Gasteiger partial charge in [-0.3, -0.25) is 4.79 Å². The molecule has 184 valence electrons. The van der Waals surface area contributed by atoms with Crippen LogP contribution >= 0.6 is 11.6 Å². The number of amides is 1. The zero-order chi connectivity index (χ0) is 25.2. The Hall–Kier alpha value is -3.43. The van der Waals surface area contributed by atoms with Gasteiger partial charge in [-0.2, -0.15) is 5.10 Å². The Kier molecular flexibility index (Phi) is 9.63. The van der Waals surface area contributed by atoms with Crippen molar-refractivity contribution in [2.45, 2.75) is 19.1 Å². The molecule has 3 rings (SSSR count). The van der Waals surface area contributed by atoms with E-state index >= 15 is 0 Å². The van der Waals surface area contributed by atoms with Crippen LogP contribution in [0, 0.1) is 6.92 Å². The molecule has 8 nitrogen and oxygen atoms in total. The van der Waals surface area contributed by atoms with Gasteiger partial charge >= 0.3 is 0 Å². The van der Waals surface area contributed by atoms with Crippen molar-refractivity contribution >= 4 is 23.7 Å². The topological polar surface area (TPSA) is 123 Å². The lowest BCUT2D eigenvalue weighted by Crippen LogP contribution is -2.40. The molecule has 3 aromatic rings. The van der Waals surface area contributed by atoms with E-state index in [1.165, 1.54) is 24.4 Å². The van der Waals surface area contributed by atoms with Crippen molar-refractivity contribution < 1.29 is 24.9 Å². The Balaban J connectivity index is 1.47. The van der Waals surface area contributed by atoms with Gasteiger partial charge in [0.05, 0.1) is 30.0 Å². The minimum Gasteiger partial charge on any atom is -0.506 e. The number of rotatable bonds is 11. The number of benzene rings is 3. The number of nitrogens with zero attached hydrogens (tertiary/aromatic N) is 1. The number of aliphatic hydroxyl groups excluding tert-OH is 2. The molecule has 35 heavy (non-hydrogen) atoms. The lowest BCUT2D eigenvalue weighted by atomic mass is 10.0. The van der Waals surface area contributed by atoms with Crippen LogP contribution in [0.3, 0.4) is 0 Å². The summed E-state index contributed by atoms with van der Waals surface area (Å²) >= 11 is 5.82. The molecule has 0 saturated heterocycles. The van der Waals surface area contributed by atoms with Gasteiger partial charge in [-0.25, -0.2) is 5.43 Å². The highest BCUT2D eigenvalue weighted by Gasteiger charge is 2.19. The number of phenolic OH excluding ortho intramolecular Hbond substituents is 1. The van der Waals surface area contributed by atoms with Crippen molar-refractivity contribution in [1.29, 1.82) is 0 Å². The van der Waals surface area contributed by atoms with Crippen LogP contribution in [-0.2, 0) is 0 Å². The standard InChI is InChI=1S/C26H28ClN3O5/c1-17-13-21(35-12-11-28-23(16-31)25(33)18-5-3-2-4-6-18)9-7-20(17)15-29-30-26(34)19-8-10-24(32)22(27)14-19/h2-10,13-15,23,25,28,31-33H,11-12,16H2,1H3,(H,30,34)/b29-15-. The van der Waals surface area contributed by atoms with E-state index in [1.54, 1.807) is 6.07 Å². The van der Waals surface area contributed by atoms with Crippen molar-refractivity contribution in [3.63, 3.8) is 0 Å². The van der Waals surface area contributed by atoms with Crippen molar-refractivity contribution in [3.05, 3.63) is 94.0 Å². The summed E-state index contributed by atoms with van der Waals surface area (Å²) in [6.45, 7) is 2.46. The van der Waals surface area contributed by atoms with Gasteiger partial charge < -0.3 is 25.4 Å². The zero-order valence-electron chi connectivity index (χ0n) is 19.2. The van der Waals surface area contributed by atoms with Gasteiger partial charge in [0.25, 0.3) is 5.91 Å². The Morgan fingerprint density at radius 3 is 2.60 bits per heavy atom. The van der Waals surface area contributed by atoms with E-state index in [0.717, 1.165) is 16.7 Å². The van der Waals surface area contributed by atoms with E-state index in [1.807, 2.05) is 49.4 Å². The average molecular weight is 498 g/mol. The number of aromatic hydroxyl groups is 1. The molecule has 0 radical (unpaired) electrons. The zero-order valence-corrected chi connectivity index (χ0v) is 19.9. The van der Waals surface area contributed by atoms with E-state index in [-0.39, 0.29) is 22.9 Å². The molecule has 0 aliphatic rings. The van der Waals surface area contributed by atoms with Crippen molar-refractivity contribution in [1.82, 2.24) is 10.7 Å². The summed E-state index contributed by atoms with van der Waals surface area (Å²) < 4.78 is 5.77. The van der Waals surface area contributed by atoms with Gasteiger partial charge in [0.1, 0.15) is 18.1 Å². The maximum absolute atomic E-state index is 12.2. The number of aliphatic hydroxyl groups is 2. The number of halogens is 1. The van der Waals surface area contributed by atoms with E-state index in [0.29, 0.717) is 18.9 Å². The molecule has 0 aliphatic heterocycles. The Bertz CT molecular complexity index is 1160. The number of hydrogen-bond donors (Lipinski definition) is 5. The lowest BCUT2D eigenvalue weighted by molar-refractivity contribution is 0.0878. The number of hydrogen-bond acceptors (Lipinski definition) is 7. The van der Waals surface area contributed by atoms with E-state index < -0.39 is 18.1 Å². The third kappa shape index (κ3) is 7.53. The first-order valence-electron chi connectivity index (χ1n) is 11.0. The minimum absolute atomic E-state index is 0.0857. The molecule has 2 atom stereocenters. The highest BCUT2D eigenvalue weighted by atomic mass is 35.5. The molecular formula is C26H28ClN3O5. The van der Waals surface area contributed by atoms with Crippen LogP contribution in [0.15, 0.2) is 71.8 Å². The summed E-state index contributed by atoms with van der Waals surface area (Å²) in [5.74, 6) is 0.110. The highest BCUT2D eigenvalue weighted by Crippen LogP contribution is 2.23. The van der Waals surface area contributed by atoms with Crippen LogP contribution in [0.2, 0.25) is 5.02 Å². The van der Waals surface area contributed by atoms with Gasteiger partial charge in [0, 0.05) is 12.1 Å². The summed E-state index contributed by atoms with van der Waals surface area (Å²) in [6.07, 6.45) is 0.700. The van der Waals surface area contributed by atoms with Crippen LogP contribution in [0.5, 0.6) is 11.5 Å². The smallest absolute Gasteiger partial charge is 0.271 e. The van der Waals surface area contributed by atoms with Crippen LogP contribution in [0.4, 0.5) is 0 Å². The number of phenols is 1. The van der Waals surface area contributed by atoms with Crippen LogP contribution in [-0.4, -0.2) is 53.2 Å². The van der Waals surface area contributed by atoms with E-state index in [4.69, 9.17) is 16.3 Å². The quantitative estimate of drug-likeness (QED) is 0.157. The maximum Gasteiger partial charge on any atom is 0.271 e. The largest absolute Gasteiger partial charge is 0.506 e. The average Bonchev–Trinajstić information content (AvgIpc) is 2.87. The second kappa shape index (κ2) is 12.9. The van der Waals surface area contributed by atoms with E-state index in [9.17, 15) is 20.1 Å². The molecule has 1 amide bonds. The third-order valence-corrected chi connectivity index (χ3v) is 5.62. The normalized spacial score (nSPS) is 12.9. The van der Waals surface area contributed by atoms with Crippen LogP contribution in [0.1, 0.15) is 33.2 Å². The first-order chi connectivity index (χ1) is 16.9. The van der Waals surface area contributed by atoms with Crippen LogP contribution in [0.25, 0.3) is 0 Å². The summed E-state index contributed by atoms with van der Waals surface area (Å²) in [4.78, 5) is 12.2. The number of aryl methyl sites for hydroxylation is 1. The fourth-order valence-corrected chi connectivity index (χ4v) is 3.51. The molecule has 0 bridgehead atoms. The predicted octanol–water partition coefficient (Wildman–Crippen LogP) is 3.18. The number of carbonyl (C=O) groups excluding carboxylic acids is 1. The summed E-state index contributed by atoms with van der Waals surface area (Å²) in [6, 6.07) is 18.3. The van der Waals surface area contributed by atoms with Gasteiger partial charge in [0.2, 0.25) is 0 Å². The molecule has 0 aromatic heterocycles. The Morgan fingerprint density at radius 1 is 1.14 bits per heavy atom. The predicted molar refractivity (Wildman–Crippen MR) is 135 cm³/mol. The van der Waals surface area contributed by atoms with Gasteiger partial charge in [-0.05, 0) is 60.0 Å². The summed E-state index contributed by atoms with van der Waals surface area (Å²) in [5, 5.41) is 36.7. The molecule has 0 heterocycles. The second-order valence-corrected chi connectivity index (χ2v) is 8.24. The number of carbonyl (C=O) groups is 1. The van der Waals surface area contributed by atoms with Crippen molar-refractivity contribution in [2.24, 2.45) is 5.10 Å². The molecule has 0 fully saturated rings. The van der Waals surface area contributed by atoms with Crippen molar-refractivity contribution in [3.8, 4) is 11.5 Å². The fourth-order valence-electron chi connectivity index (χ4n) is 3.33. The molecule has 5 N–H and O–H groups in total. The highest BCUT2D eigenvalue weighted by molar-refractivity contribution is 6.32. The van der Waals surface area contributed by atoms with Gasteiger partial charge in [-0.1, -0.05) is 41.9 Å². The molecule has 0 saturated carbocycles. The molecule has 2 unspecified atom stereocenters. The Morgan fingerprint density at radius 2 is 1.91 bits per heavy atom. The SMILES string of the molecule is Cc1cc(OCCNC(CO)C(O)c2ccccc2)ccc1/C=N\NC(=O)c1ccc(O)c(Cl)c1. The maximum atomic E-state index is 12.2. The molecule has 3 aromatic carbocycles. The third-order valence-electron chi connectivity index (χ3n) is 5.32. The fraction of sp³-hybridized carbons (Fsp3) is 0.231. The summed E-state index contributed by atoms with van der Waals surface area (Å²) in [7, 11) is 0. The molecular weight excluding hydrogens is 470 g/mol. The summed E-state index contributed by atoms with van der Waals surface area (Å²) in [5.41, 5.74) is 5.13. The minimum atomic E-state index is -0.825. The monoisotopic (exact) mass is 497 g/mol. The van der Waals surface area contributed by atoms with Crippen molar-refractivity contribution in [2.75, 3.05) is 19.8 Å². The van der Waals surface area contributed by atoms with Gasteiger partial charge in [-0.15, -0.1) is 0 Å². The van der Waals surface area contributed by atoms with Crippen LogP contribution < -0.4 is 15.5 Å². The molecule has 0 aliphatic carbocycles.